The highest BCUT2D eigenvalue weighted by atomic mass is 35.5. The maximum absolute atomic E-state index is 13.5. The minimum absolute atomic E-state index is 0.461. The smallest absolute Gasteiger partial charge is 0.328 e. The summed E-state index contributed by atoms with van der Waals surface area (Å²) >= 11 is 6.44. The molecule has 1 fully saturated rings. The topological polar surface area (TPSA) is 85.8 Å². The highest BCUT2D eigenvalue weighted by Crippen LogP contribution is 2.41. The SMILES string of the molecule is COC(=O)CN1C(=O)C2C(N=C3N(c4cccc(Cl)c4C)C(c4ccccc4)=CN32)N(C)C1=O. The highest BCUT2D eigenvalue weighted by Gasteiger charge is 2.55. The first-order valence-corrected chi connectivity index (χ1v) is 11.0. The first-order valence-electron chi connectivity index (χ1n) is 10.7. The van der Waals surface area contributed by atoms with Crippen LogP contribution in [0, 0.1) is 6.92 Å². The van der Waals surface area contributed by atoms with Gasteiger partial charge < -0.3 is 9.64 Å². The molecule has 0 saturated carbocycles. The molecular weight excluding hydrogens is 458 g/mol. The highest BCUT2D eigenvalue weighted by molar-refractivity contribution is 6.32. The maximum atomic E-state index is 13.5. The summed E-state index contributed by atoms with van der Waals surface area (Å²) < 4.78 is 4.68. The van der Waals surface area contributed by atoms with Gasteiger partial charge in [0.25, 0.3) is 5.91 Å². The van der Waals surface area contributed by atoms with Crippen LogP contribution in [0.15, 0.2) is 59.7 Å². The van der Waals surface area contributed by atoms with Crippen LogP contribution in [0.2, 0.25) is 5.02 Å². The monoisotopic (exact) mass is 479 g/mol. The molecule has 0 radical (unpaired) electrons. The van der Waals surface area contributed by atoms with Gasteiger partial charge in [-0.2, -0.15) is 0 Å². The number of anilines is 1. The first-order chi connectivity index (χ1) is 16.3. The summed E-state index contributed by atoms with van der Waals surface area (Å²) in [5.41, 5.74) is 3.41. The van der Waals surface area contributed by atoms with Crippen LogP contribution in [0.25, 0.3) is 5.70 Å². The summed E-state index contributed by atoms with van der Waals surface area (Å²) in [5, 5.41) is 0.604. The van der Waals surface area contributed by atoms with Gasteiger partial charge in [0.05, 0.1) is 18.5 Å². The fraction of sp³-hybridized carbons (Fsp3) is 0.250. The Bertz CT molecular complexity index is 1260. The number of nitrogens with zero attached hydrogens (tertiary/aromatic N) is 5. The molecule has 0 spiro atoms. The number of esters is 1. The lowest BCUT2D eigenvalue weighted by atomic mass is 10.1. The normalized spacial score (nSPS) is 21.4. The molecule has 2 aromatic rings. The van der Waals surface area contributed by atoms with Gasteiger partial charge in [0, 0.05) is 23.8 Å². The zero-order valence-electron chi connectivity index (χ0n) is 18.8. The van der Waals surface area contributed by atoms with Crippen LogP contribution >= 0.6 is 11.6 Å². The molecule has 3 heterocycles. The second-order valence-electron chi connectivity index (χ2n) is 8.19. The lowest BCUT2D eigenvalue weighted by molar-refractivity contribution is -0.148. The molecule has 5 rings (SSSR count). The van der Waals surface area contributed by atoms with Crippen LogP contribution in [0.5, 0.6) is 0 Å². The molecule has 9 nitrogen and oxygen atoms in total. The molecule has 3 amide bonds. The molecule has 0 N–H and O–H groups in total. The molecule has 3 aliphatic rings. The van der Waals surface area contributed by atoms with E-state index in [0.29, 0.717) is 11.0 Å². The van der Waals surface area contributed by atoms with Gasteiger partial charge in [0.1, 0.15) is 6.54 Å². The molecule has 0 aromatic heterocycles. The maximum Gasteiger partial charge on any atom is 0.328 e. The standard InChI is InChI=1S/C24H22ClN5O4/c1-14-16(25)10-7-11-17(14)30-18(15-8-5-4-6-9-15)12-28-20-21(26-23(28)30)27(2)24(33)29(22(20)32)13-19(31)34-3/h4-12,20-21H,13H2,1-3H3. The quantitative estimate of drug-likeness (QED) is 0.627. The van der Waals surface area contributed by atoms with E-state index in [1.165, 1.54) is 12.0 Å². The van der Waals surface area contributed by atoms with Gasteiger partial charge >= 0.3 is 12.0 Å². The predicted molar refractivity (Wildman–Crippen MR) is 127 cm³/mol. The number of imide groups is 1. The minimum Gasteiger partial charge on any atom is -0.468 e. The number of aliphatic imine (C=N–C) groups is 1. The van der Waals surface area contributed by atoms with Crippen molar-refractivity contribution in [3.05, 3.63) is 70.9 Å². The summed E-state index contributed by atoms with van der Waals surface area (Å²) in [7, 11) is 2.78. The second-order valence-corrected chi connectivity index (χ2v) is 8.60. The molecule has 34 heavy (non-hydrogen) atoms. The van der Waals surface area contributed by atoms with Gasteiger partial charge in [0.15, 0.2) is 12.2 Å². The van der Waals surface area contributed by atoms with E-state index in [0.717, 1.165) is 27.4 Å². The van der Waals surface area contributed by atoms with Gasteiger partial charge in [0.2, 0.25) is 5.96 Å². The Kier molecular flexibility index (Phi) is 5.28. The number of rotatable bonds is 4. The van der Waals surface area contributed by atoms with Gasteiger partial charge in [-0.05, 0) is 24.6 Å². The Morgan fingerprint density at radius 1 is 1.12 bits per heavy atom. The van der Waals surface area contributed by atoms with Gasteiger partial charge in [-0.15, -0.1) is 0 Å². The van der Waals surface area contributed by atoms with Crippen LogP contribution in [0.1, 0.15) is 11.1 Å². The van der Waals surface area contributed by atoms with Crippen LogP contribution in [-0.4, -0.2) is 71.5 Å². The van der Waals surface area contributed by atoms with E-state index in [-0.39, 0.29) is 0 Å². The molecule has 2 aromatic carbocycles. The molecule has 3 aliphatic heterocycles. The Morgan fingerprint density at radius 3 is 2.56 bits per heavy atom. The summed E-state index contributed by atoms with van der Waals surface area (Å²) in [5.74, 6) is -0.677. The zero-order chi connectivity index (χ0) is 24.1. The number of carbonyl (C=O) groups excluding carboxylic acids is 3. The van der Waals surface area contributed by atoms with Crippen molar-refractivity contribution in [3.8, 4) is 0 Å². The molecule has 2 unspecified atom stereocenters. The third-order valence-electron chi connectivity index (χ3n) is 6.28. The number of amides is 3. The average Bonchev–Trinajstić information content (AvgIpc) is 3.39. The fourth-order valence-electron chi connectivity index (χ4n) is 4.46. The Labute approximate surface area is 201 Å². The van der Waals surface area contributed by atoms with Crippen LogP contribution in [0.4, 0.5) is 10.5 Å². The number of guanidine groups is 1. The van der Waals surface area contributed by atoms with Crippen LogP contribution in [0.3, 0.4) is 0 Å². The van der Waals surface area contributed by atoms with Crippen molar-refractivity contribution < 1.29 is 19.1 Å². The number of ether oxygens (including phenoxy) is 1. The van der Waals surface area contributed by atoms with Crippen molar-refractivity contribution in [1.29, 1.82) is 0 Å². The van der Waals surface area contributed by atoms with Crippen molar-refractivity contribution in [2.24, 2.45) is 4.99 Å². The van der Waals surface area contributed by atoms with Crippen molar-refractivity contribution in [3.63, 3.8) is 0 Å². The summed E-state index contributed by atoms with van der Waals surface area (Å²) in [6.07, 6.45) is 1.12. The van der Waals surface area contributed by atoms with Gasteiger partial charge in [-0.1, -0.05) is 48.0 Å². The van der Waals surface area contributed by atoms with E-state index >= 15 is 0 Å². The summed E-state index contributed by atoms with van der Waals surface area (Å²) in [6.45, 7) is 1.46. The molecule has 0 aliphatic carbocycles. The molecular formula is C24H22ClN5O4. The number of carbonyl (C=O) groups is 3. The number of fused-ring (bicyclic) bond motifs is 3. The second kappa shape index (κ2) is 8.18. The van der Waals surface area contributed by atoms with E-state index in [4.69, 9.17) is 16.6 Å². The third kappa shape index (κ3) is 3.23. The predicted octanol–water partition coefficient (Wildman–Crippen LogP) is 2.90. The van der Waals surface area contributed by atoms with Crippen LogP contribution < -0.4 is 4.90 Å². The number of likely N-dealkylation sites (N-methyl/N-ethyl adjacent to an activating group) is 1. The average molecular weight is 480 g/mol. The van der Waals surface area contributed by atoms with Crippen molar-refractivity contribution in [2.45, 2.75) is 19.1 Å². The molecule has 1 saturated heterocycles. The Morgan fingerprint density at radius 2 is 1.85 bits per heavy atom. The van der Waals surface area contributed by atoms with Crippen molar-refractivity contribution in [2.75, 3.05) is 25.6 Å². The Hall–Kier alpha value is -3.85. The zero-order valence-corrected chi connectivity index (χ0v) is 19.6. The van der Waals surface area contributed by atoms with E-state index < -0.39 is 36.7 Å². The number of halogens is 1. The number of benzene rings is 2. The number of hydrogen-bond donors (Lipinski definition) is 0. The van der Waals surface area contributed by atoms with E-state index in [1.807, 2.05) is 66.6 Å². The van der Waals surface area contributed by atoms with Gasteiger partial charge in [-0.25, -0.2) is 9.79 Å². The minimum atomic E-state index is -0.814. The van der Waals surface area contributed by atoms with Crippen molar-refractivity contribution in [1.82, 2.24) is 14.7 Å². The van der Waals surface area contributed by atoms with E-state index in [9.17, 15) is 14.4 Å². The lowest BCUT2D eigenvalue weighted by Crippen LogP contribution is -2.65. The van der Waals surface area contributed by atoms with Crippen molar-refractivity contribution >= 4 is 46.9 Å². The molecule has 174 valence electrons. The molecule has 10 heteroatoms. The Balaban J connectivity index is 1.62. The fourth-order valence-corrected chi connectivity index (χ4v) is 4.63. The summed E-state index contributed by atoms with van der Waals surface area (Å²) in [6, 6.07) is 13.9. The van der Waals surface area contributed by atoms with E-state index in [2.05, 4.69) is 4.74 Å². The summed E-state index contributed by atoms with van der Waals surface area (Å²) in [4.78, 5) is 49.0. The molecule has 2 atom stereocenters. The molecule has 0 bridgehead atoms. The van der Waals surface area contributed by atoms with Crippen LogP contribution in [-0.2, 0) is 14.3 Å². The number of methoxy groups -OCH3 is 1. The number of hydrogen-bond acceptors (Lipinski definition) is 7. The lowest BCUT2D eigenvalue weighted by Gasteiger charge is -2.39. The number of urea groups is 1. The third-order valence-corrected chi connectivity index (χ3v) is 6.69. The van der Waals surface area contributed by atoms with E-state index in [1.54, 1.807) is 11.9 Å². The van der Waals surface area contributed by atoms with Gasteiger partial charge in [-0.3, -0.25) is 24.3 Å². The first kappa shape index (κ1) is 22.0. The largest absolute Gasteiger partial charge is 0.468 e.